The lowest BCUT2D eigenvalue weighted by Crippen LogP contribution is -2.31. The number of allylic oxidation sites excluding steroid dienone is 1. The van der Waals surface area contributed by atoms with Crippen molar-refractivity contribution in [1.29, 1.82) is 0 Å². The van der Waals surface area contributed by atoms with E-state index in [9.17, 15) is 4.79 Å². The average Bonchev–Trinajstić information content (AvgIpc) is 2.28. The van der Waals surface area contributed by atoms with E-state index in [1.54, 1.807) is 6.20 Å². The van der Waals surface area contributed by atoms with Crippen molar-refractivity contribution in [2.75, 3.05) is 0 Å². The normalized spacial score (nSPS) is 10.2. The largest absolute Gasteiger partial charge is 0.334 e. The number of nitrogens with one attached hydrogen (secondary N) is 2. The van der Waals surface area contributed by atoms with Crippen LogP contribution in [0.5, 0.6) is 0 Å². The topological polar surface area (TPSA) is 41.1 Å². The van der Waals surface area contributed by atoms with Gasteiger partial charge in [0.15, 0.2) is 0 Å². The van der Waals surface area contributed by atoms with Gasteiger partial charge < -0.3 is 10.6 Å². The Morgan fingerprint density at radius 3 is 2.73 bits per heavy atom. The second-order valence-corrected chi connectivity index (χ2v) is 3.12. The SMILES string of the molecule is CC/C=C/NC(=O)NCc1ccccc1. The smallest absolute Gasteiger partial charge is 0.319 e. The molecule has 1 aromatic rings. The fourth-order valence-corrected chi connectivity index (χ4v) is 1.08. The van der Waals surface area contributed by atoms with Gasteiger partial charge in [0.1, 0.15) is 0 Å². The van der Waals surface area contributed by atoms with Gasteiger partial charge in [-0.05, 0) is 12.0 Å². The maximum absolute atomic E-state index is 11.2. The highest BCUT2D eigenvalue weighted by atomic mass is 16.2. The van der Waals surface area contributed by atoms with E-state index in [2.05, 4.69) is 10.6 Å². The monoisotopic (exact) mass is 204 g/mol. The Morgan fingerprint density at radius 2 is 2.07 bits per heavy atom. The van der Waals surface area contributed by atoms with Crippen molar-refractivity contribution in [3.63, 3.8) is 0 Å². The van der Waals surface area contributed by atoms with Crippen LogP contribution in [0, 0.1) is 0 Å². The maximum atomic E-state index is 11.2. The second-order valence-electron chi connectivity index (χ2n) is 3.12. The van der Waals surface area contributed by atoms with Gasteiger partial charge in [-0.2, -0.15) is 0 Å². The Labute approximate surface area is 90.2 Å². The molecule has 1 rings (SSSR count). The molecule has 0 aliphatic heterocycles. The first-order valence-electron chi connectivity index (χ1n) is 5.06. The molecule has 15 heavy (non-hydrogen) atoms. The molecule has 0 atom stereocenters. The molecule has 0 fully saturated rings. The summed E-state index contributed by atoms with van der Waals surface area (Å²) in [4.78, 5) is 11.2. The molecule has 2 N–H and O–H groups in total. The molecule has 0 aliphatic rings. The predicted octanol–water partition coefficient (Wildman–Crippen LogP) is 2.41. The van der Waals surface area contributed by atoms with Crippen LogP contribution in [0.25, 0.3) is 0 Å². The molecule has 0 saturated carbocycles. The van der Waals surface area contributed by atoms with Crippen molar-refractivity contribution in [2.24, 2.45) is 0 Å². The lowest BCUT2D eigenvalue weighted by Gasteiger charge is -2.04. The number of carbonyl (C=O) groups is 1. The summed E-state index contributed by atoms with van der Waals surface area (Å²) >= 11 is 0. The average molecular weight is 204 g/mol. The Balaban J connectivity index is 2.26. The van der Waals surface area contributed by atoms with Gasteiger partial charge in [0.05, 0.1) is 0 Å². The minimum absolute atomic E-state index is 0.177. The fourth-order valence-electron chi connectivity index (χ4n) is 1.08. The summed E-state index contributed by atoms with van der Waals surface area (Å²) < 4.78 is 0. The van der Waals surface area contributed by atoms with Gasteiger partial charge in [-0.25, -0.2) is 4.79 Å². The molecule has 1 aromatic carbocycles. The van der Waals surface area contributed by atoms with Gasteiger partial charge in [-0.1, -0.05) is 43.3 Å². The Bertz CT molecular complexity index is 320. The zero-order chi connectivity index (χ0) is 10.9. The van der Waals surface area contributed by atoms with Crippen molar-refractivity contribution < 1.29 is 4.79 Å². The fraction of sp³-hybridized carbons (Fsp3) is 0.250. The van der Waals surface area contributed by atoms with Gasteiger partial charge in [0, 0.05) is 12.7 Å². The van der Waals surface area contributed by atoms with Crippen LogP contribution in [-0.4, -0.2) is 6.03 Å². The number of carbonyl (C=O) groups excluding carboxylic acids is 1. The molecule has 0 spiro atoms. The minimum Gasteiger partial charge on any atom is -0.334 e. The van der Waals surface area contributed by atoms with E-state index in [0.717, 1.165) is 12.0 Å². The molecule has 0 aromatic heterocycles. The number of rotatable bonds is 4. The summed E-state index contributed by atoms with van der Waals surface area (Å²) in [5, 5.41) is 5.38. The van der Waals surface area contributed by atoms with Crippen LogP contribution in [0.1, 0.15) is 18.9 Å². The van der Waals surface area contributed by atoms with E-state index < -0.39 is 0 Å². The number of amides is 2. The van der Waals surface area contributed by atoms with Crippen LogP contribution in [0.2, 0.25) is 0 Å². The van der Waals surface area contributed by atoms with Crippen LogP contribution >= 0.6 is 0 Å². The Hall–Kier alpha value is -1.77. The van der Waals surface area contributed by atoms with E-state index >= 15 is 0 Å². The first kappa shape index (κ1) is 11.3. The number of benzene rings is 1. The Kier molecular flexibility index (Phi) is 5.01. The zero-order valence-electron chi connectivity index (χ0n) is 8.86. The van der Waals surface area contributed by atoms with Crippen LogP contribution in [0.3, 0.4) is 0 Å². The van der Waals surface area contributed by atoms with Gasteiger partial charge in [-0.3, -0.25) is 0 Å². The van der Waals surface area contributed by atoms with Gasteiger partial charge in [0.25, 0.3) is 0 Å². The molecular formula is C12H16N2O. The first-order chi connectivity index (χ1) is 7.33. The summed E-state index contributed by atoms with van der Waals surface area (Å²) in [5.74, 6) is 0. The molecule has 0 saturated heterocycles. The van der Waals surface area contributed by atoms with E-state index in [-0.39, 0.29) is 6.03 Å². The summed E-state index contributed by atoms with van der Waals surface area (Å²) in [6.07, 6.45) is 4.46. The number of hydrogen-bond donors (Lipinski definition) is 2. The van der Waals surface area contributed by atoms with E-state index in [1.165, 1.54) is 0 Å². The summed E-state index contributed by atoms with van der Waals surface area (Å²) in [6, 6.07) is 9.62. The van der Waals surface area contributed by atoms with Crippen LogP contribution in [0.4, 0.5) is 4.79 Å². The van der Waals surface area contributed by atoms with Crippen molar-refractivity contribution in [1.82, 2.24) is 10.6 Å². The molecule has 80 valence electrons. The third-order valence-corrected chi connectivity index (χ3v) is 1.86. The summed E-state index contributed by atoms with van der Waals surface area (Å²) in [6.45, 7) is 2.56. The molecule has 0 heterocycles. The van der Waals surface area contributed by atoms with E-state index in [4.69, 9.17) is 0 Å². The second kappa shape index (κ2) is 6.65. The van der Waals surface area contributed by atoms with Gasteiger partial charge in [-0.15, -0.1) is 0 Å². The highest BCUT2D eigenvalue weighted by molar-refractivity contribution is 5.74. The lowest BCUT2D eigenvalue weighted by molar-refractivity contribution is 0.243. The highest BCUT2D eigenvalue weighted by Gasteiger charge is 1.96. The molecule has 2 amide bonds. The standard InChI is InChI=1S/C12H16N2O/c1-2-3-9-13-12(15)14-10-11-7-5-4-6-8-11/h3-9H,2,10H2,1H3,(H2,13,14,15)/b9-3+. The van der Waals surface area contributed by atoms with Crippen molar-refractivity contribution in [3.8, 4) is 0 Å². The minimum atomic E-state index is -0.177. The molecule has 3 nitrogen and oxygen atoms in total. The molecule has 3 heteroatoms. The quantitative estimate of drug-likeness (QED) is 0.777. The molecule has 0 bridgehead atoms. The van der Waals surface area contributed by atoms with Crippen molar-refractivity contribution in [2.45, 2.75) is 19.9 Å². The molecule has 0 aliphatic carbocycles. The van der Waals surface area contributed by atoms with E-state index in [0.29, 0.717) is 6.54 Å². The number of hydrogen-bond acceptors (Lipinski definition) is 1. The van der Waals surface area contributed by atoms with Crippen LogP contribution in [0.15, 0.2) is 42.6 Å². The number of urea groups is 1. The van der Waals surface area contributed by atoms with Crippen molar-refractivity contribution in [3.05, 3.63) is 48.2 Å². The maximum Gasteiger partial charge on any atom is 0.319 e. The lowest BCUT2D eigenvalue weighted by atomic mass is 10.2. The molecule has 0 radical (unpaired) electrons. The van der Waals surface area contributed by atoms with Gasteiger partial charge >= 0.3 is 6.03 Å². The highest BCUT2D eigenvalue weighted by Crippen LogP contribution is 1.96. The Morgan fingerprint density at radius 1 is 1.33 bits per heavy atom. The van der Waals surface area contributed by atoms with Crippen LogP contribution in [-0.2, 0) is 6.54 Å². The third-order valence-electron chi connectivity index (χ3n) is 1.86. The van der Waals surface area contributed by atoms with E-state index in [1.807, 2.05) is 43.3 Å². The molecular weight excluding hydrogens is 188 g/mol. The van der Waals surface area contributed by atoms with Gasteiger partial charge in [0.2, 0.25) is 0 Å². The summed E-state index contributed by atoms with van der Waals surface area (Å²) in [5.41, 5.74) is 1.09. The zero-order valence-corrected chi connectivity index (χ0v) is 8.86. The predicted molar refractivity (Wildman–Crippen MR) is 61.2 cm³/mol. The van der Waals surface area contributed by atoms with Crippen molar-refractivity contribution >= 4 is 6.03 Å². The summed E-state index contributed by atoms with van der Waals surface area (Å²) in [7, 11) is 0. The first-order valence-corrected chi connectivity index (χ1v) is 5.06. The van der Waals surface area contributed by atoms with Crippen LogP contribution < -0.4 is 10.6 Å². The molecule has 0 unspecified atom stereocenters. The third kappa shape index (κ3) is 4.86.